The Morgan fingerprint density at radius 2 is 1.82 bits per heavy atom. The van der Waals surface area contributed by atoms with Gasteiger partial charge in [-0.2, -0.15) is 0 Å². The summed E-state index contributed by atoms with van der Waals surface area (Å²) in [5, 5.41) is 11.1. The summed E-state index contributed by atoms with van der Waals surface area (Å²) in [6, 6.07) is 7.97. The Kier molecular flexibility index (Phi) is 4.71. The van der Waals surface area contributed by atoms with Crippen molar-refractivity contribution in [2.24, 2.45) is 0 Å². The highest BCUT2D eigenvalue weighted by atomic mass is 16.6. The minimum Gasteiger partial charge on any atom is -0.485 e. The number of aryl methyl sites for hydroxylation is 1. The van der Waals surface area contributed by atoms with E-state index in [0.29, 0.717) is 13.2 Å². The Hall–Kier alpha value is -1.10. The van der Waals surface area contributed by atoms with E-state index in [1.54, 1.807) is 0 Å². The van der Waals surface area contributed by atoms with Crippen LogP contribution in [0.5, 0.6) is 5.75 Å². The Balaban J connectivity index is 1.72. The lowest BCUT2D eigenvalue weighted by atomic mass is 9.86. The summed E-state index contributed by atoms with van der Waals surface area (Å²) in [6.07, 6.45) is 3.36. The van der Waals surface area contributed by atoms with Crippen LogP contribution in [-0.2, 0) is 4.74 Å². The van der Waals surface area contributed by atoms with E-state index in [0.717, 1.165) is 18.8 Å². The van der Waals surface area contributed by atoms with E-state index in [1.807, 2.05) is 31.2 Å². The number of hydrogen-bond donors (Lipinski definition) is 1. The fraction of sp³-hybridized carbons (Fsp3) is 0.667. The molecular weight excluding hydrogens is 278 g/mol. The minimum atomic E-state index is -0.902. The SMILES string of the molecule is Cc1ccc(OC2COCC(N3CCCCC3)C2(C)O)cc1. The molecule has 1 aromatic carbocycles. The molecule has 0 bridgehead atoms. The predicted molar refractivity (Wildman–Crippen MR) is 86.2 cm³/mol. The molecule has 0 amide bonds. The standard InChI is InChI=1S/C18H27NO3/c1-14-6-8-15(9-7-14)22-17-13-21-12-16(18(17,2)20)19-10-4-3-5-11-19/h6-9,16-17,20H,3-5,10-13H2,1-2H3. The van der Waals surface area contributed by atoms with Gasteiger partial charge in [0, 0.05) is 0 Å². The number of ether oxygens (including phenoxy) is 2. The van der Waals surface area contributed by atoms with E-state index in [1.165, 1.54) is 24.8 Å². The third kappa shape index (κ3) is 3.29. The molecule has 2 aliphatic heterocycles. The molecule has 2 aliphatic rings. The molecule has 0 aliphatic carbocycles. The van der Waals surface area contributed by atoms with E-state index in [9.17, 15) is 5.11 Å². The molecule has 0 spiro atoms. The highest BCUT2D eigenvalue weighted by molar-refractivity contribution is 5.27. The van der Waals surface area contributed by atoms with Gasteiger partial charge in [-0.1, -0.05) is 24.1 Å². The summed E-state index contributed by atoms with van der Waals surface area (Å²) >= 11 is 0. The number of nitrogens with zero attached hydrogens (tertiary/aromatic N) is 1. The van der Waals surface area contributed by atoms with Crippen molar-refractivity contribution in [3.05, 3.63) is 29.8 Å². The van der Waals surface area contributed by atoms with Gasteiger partial charge in [-0.25, -0.2) is 0 Å². The van der Waals surface area contributed by atoms with Crippen LogP contribution < -0.4 is 4.74 Å². The fourth-order valence-electron chi connectivity index (χ4n) is 3.48. The van der Waals surface area contributed by atoms with Gasteiger partial charge in [-0.05, 0) is 51.9 Å². The van der Waals surface area contributed by atoms with Crippen molar-refractivity contribution in [3.63, 3.8) is 0 Å². The van der Waals surface area contributed by atoms with Crippen LogP contribution in [0.15, 0.2) is 24.3 Å². The highest BCUT2D eigenvalue weighted by Gasteiger charge is 2.47. The molecule has 0 radical (unpaired) electrons. The summed E-state index contributed by atoms with van der Waals surface area (Å²) in [5.41, 5.74) is 0.297. The van der Waals surface area contributed by atoms with Crippen molar-refractivity contribution >= 4 is 0 Å². The summed E-state index contributed by atoms with van der Waals surface area (Å²) in [5.74, 6) is 0.791. The van der Waals surface area contributed by atoms with Crippen molar-refractivity contribution in [1.82, 2.24) is 4.90 Å². The topological polar surface area (TPSA) is 41.9 Å². The molecule has 22 heavy (non-hydrogen) atoms. The van der Waals surface area contributed by atoms with Gasteiger partial charge in [-0.3, -0.25) is 4.90 Å². The first-order valence-electron chi connectivity index (χ1n) is 8.35. The van der Waals surface area contributed by atoms with Gasteiger partial charge in [0.05, 0.1) is 19.3 Å². The molecule has 1 N–H and O–H groups in total. The first-order valence-corrected chi connectivity index (χ1v) is 8.35. The molecule has 1 aromatic rings. The number of likely N-dealkylation sites (tertiary alicyclic amines) is 1. The van der Waals surface area contributed by atoms with Crippen LogP contribution in [0, 0.1) is 6.92 Å². The molecule has 3 unspecified atom stereocenters. The zero-order chi connectivity index (χ0) is 15.6. The van der Waals surface area contributed by atoms with E-state index in [2.05, 4.69) is 11.8 Å². The van der Waals surface area contributed by atoms with Gasteiger partial charge in [0.15, 0.2) is 6.10 Å². The van der Waals surface area contributed by atoms with Crippen molar-refractivity contribution in [1.29, 1.82) is 0 Å². The largest absolute Gasteiger partial charge is 0.485 e. The molecule has 2 fully saturated rings. The molecule has 4 nitrogen and oxygen atoms in total. The third-order valence-corrected chi connectivity index (χ3v) is 5.00. The fourth-order valence-corrected chi connectivity index (χ4v) is 3.48. The van der Waals surface area contributed by atoms with Crippen LogP contribution in [0.4, 0.5) is 0 Å². The Morgan fingerprint density at radius 1 is 1.14 bits per heavy atom. The summed E-state index contributed by atoms with van der Waals surface area (Å²) in [4.78, 5) is 2.37. The maximum atomic E-state index is 11.1. The predicted octanol–water partition coefficient (Wildman–Crippen LogP) is 2.38. The lowest BCUT2D eigenvalue weighted by molar-refractivity contribution is -0.180. The Labute approximate surface area is 133 Å². The van der Waals surface area contributed by atoms with Crippen LogP contribution in [0.25, 0.3) is 0 Å². The highest BCUT2D eigenvalue weighted by Crippen LogP contribution is 2.30. The number of piperidine rings is 1. The lowest BCUT2D eigenvalue weighted by Gasteiger charge is -2.48. The number of rotatable bonds is 3. The molecule has 3 atom stereocenters. The minimum absolute atomic E-state index is 0.0111. The zero-order valence-electron chi connectivity index (χ0n) is 13.6. The number of benzene rings is 1. The second kappa shape index (κ2) is 6.57. The Bertz CT molecular complexity index is 480. The molecular formula is C18H27NO3. The van der Waals surface area contributed by atoms with Gasteiger partial charge >= 0.3 is 0 Å². The summed E-state index contributed by atoms with van der Waals surface area (Å²) in [6.45, 7) is 7.05. The molecule has 122 valence electrons. The number of hydrogen-bond acceptors (Lipinski definition) is 4. The van der Waals surface area contributed by atoms with Crippen molar-refractivity contribution in [2.75, 3.05) is 26.3 Å². The monoisotopic (exact) mass is 305 g/mol. The van der Waals surface area contributed by atoms with Crippen LogP contribution in [0.1, 0.15) is 31.7 Å². The van der Waals surface area contributed by atoms with E-state index in [-0.39, 0.29) is 12.1 Å². The van der Waals surface area contributed by atoms with Gasteiger partial charge < -0.3 is 14.6 Å². The quantitative estimate of drug-likeness (QED) is 0.931. The average molecular weight is 305 g/mol. The van der Waals surface area contributed by atoms with Crippen LogP contribution in [0.2, 0.25) is 0 Å². The van der Waals surface area contributed by atoms with E-state index in [4.69, 9.17) is 9.47 Å². The van der Waals surface area contributed by atoms with E-state index < -0.39 is 5.60 Å². The van der Waals surface area contributed by atoms with Crippen LogP contribution >= 0.6 is 0 Å². The second-order valence-electron chi connectivity index (χ2n) is 6.80. The zero-order valence-corrected chi connectivity index (χ0v) is 13.6. The van der Waals surface area contributed by atoms with Crippen molar-refractivity contribution in [2.45, 2.75) is 50.9 Å². The third-order valence-electron chi connectivity index (χ3n) is 5.00. The molecule has 4 heteroatoms. The molecule has 2 heterocycles. The van der Waals surface area contributed by atoms with Gasteiger partial charge in [0.1, 0.15) is 11.4 Å². The second-order valence-corrected chi connectivity index (χ2v) is 6.80. The van der Waals surface area contributed by atoms with Gasteiger partial charge in [0.2, 0.25) is 0 Å². The Morgan fingerprint density at radius 3 is 2.50 bits per heavy atom. The normalized spacial score (nSPS) is 33.6. The average Bonchev–Trinajstić information content (AvgIpc) is 2.52. The van der Waals surface area contributed by atoms with Crippen LogP contribution in [-0.4, -0.2) is 54.1 Å². The first kappa shape index (κ1) is 15.8. The van der Waals surface area contributed by atoms with Gasteiger partial charge in [0.25, 0.3) is 0 Å². The lowest BCUT2D eigenvalue weighted by Crippen LogP contribution is -2.65. The molecule has 0 saturated carbocycles. The molecule has 0 aromatic heterocycles. The van der Waals surface area contributed by atoms with Crippen molar-refractivity contribution in [3.8, 4) is 5.75 Å². The maximum Gasteiger partial charge on any atom is 0.152 e. The first-order chi connectivity index (χ1) is 10.6. The van der Waals surface area contributed by atoms with Gasteiger partial charge in [-0.15, -0.1) is 0 Å². The molecule has 2 saturated heterocycles. The smallest absolute Gasteiger partial charge is 0.152 e. The summed E-state index contributed by atoms with van der Waals surface area (Å²) in [7, 11) is 0. The van der Waals surface area contributed by atoms with Crippen LogP contribution in [0.3, 0.4) is 0 Å². The summed E-state index contributed by atoms with van der Waals surface area (Å²) < 4.78 is 11.8. The molecule has 3 rings (SSSR count). The maximum absolute atomic E-state index is 11.1. The van der Waals surface area contributed by atoms with E-state index >= 15 is 0 Å². The van der Waals surface area contributed by atoms with Crippen molar-refractivity contribution < 1.29 is 14.6 Å². The number of aliphatic hydroxyl groups is 1.